The molecule has 1 saturated heterocycles. The molecule has 0 spiro atoms. The Morgan fingerprint density at radius 1 is 1.07 bits per heavy atom. The van der Waals surface area contributed by atoms with Gasteiger partial charge in [-0.25, -0.2) is 19.9 Å². The molecule has 6 rings (SSSR count). The number of nitriles is 1. The lowest BCUT2D eigenvalue weighted by Gasteiger charge is -2.23. The zero-order chi connectivity index (χ0) is 30.0. The van der Waals surface area contributed by atoms with Gasteiger partial charge in [-0.15, -0.1) is 0 Å². The summed E-state index contributed by atoms with van der Waals surface area (Å²) in [6.45, 7) is 6.24. The predicted octanol–water partition coefficient (Wildman–Crippen LogP) is 6.09. The number of pyridine rings is 2. The summed E-state index contributed by atoms with van der Waals surface area (Å²) in [7, 11) is 0. The van der Waals surface area contributed by atoms with Crippen LogP contribution in [0.2, 0.25) is 0 Å². The van der Waals surface area contributed by atoms with Crippen LogP contribution in [0.25, 0.3) is 22.4 Å². The second-order valence-electron chi connectivity index (χ2n) is 11.0. The van der Waals surface area contributed by atoms with Crippen molar-refractivity contribution in [3.63, 3.8) is 0 Å². The van der Waals surface area contributed by atoms with E-state index in [1.54, 1.807) is 51.0 Å². The molecule has 1 aliphatic heterocycles. The summed E-state index contributed by atoms with van der Waals surface area (Å²) in [6.07, 6.45) is 9.55. The molecule has 5 aromatic rings. The Hall–Kier alpha value is -5.21. The first-order valence-corrected chi connectivity index (χ1v) is 14.2. The number of nitrogens with zero attached hydrogens (tertiary/aromatic N) is 7. The minimum absolute atomic E-state index is 0.0924. The van der Waals surface area contributed by atoms with Gasteiger partial charge < -0.3 is 15.4 Å². The van der Waals surface area contributed by atoms with Crippen LogP contribution in [0.15, 0.2) is 67.5 Å². The summed E-state index contributed by atoms with van der Waals surface area (Å²) >= 11 is 0. The van der Waals surface area contributed by atoms with Crippen LogP contribution in [-0.4, -0.2) is 42.0 Å². The molecule has 1 unspecified atom stereocenters. The van der Waals surface area contributed by atoms with Gasteiger partial charge in [-0.1, -0.05) is 6.07 Å². The van der Waals surface area contributed by atoms with Crippen LogP contribution < -0.4 is 10.6 Å². The molecular weight excluding hydrogens is 542 g/mol. The number of ether oxygens (including phenoxy) is 1. The highest BCUT2D eigenvalue weighted by atomic mass is 16.5. The zero-order valence-corrected chi connectivity index (χ0v) is 24.2. The fourth-order valence-corrected chi connectivity index (χ4v) is 5.03. The summed E-state index contributed by atoms with van der Waals surface area (Å²) in [5, 5.41) is 15.9. The van der Waals surface area contributed by atoms with Crippen LogP contribution in [-0.2, 0) is 10.2 Å². The van der Waals surface area contributed by atoms with Crippen molar-refractivity contribution >= 4 is 34.3 Å². The third kappa shape index (κ3) is 5.65. The quantitative estimate of drug-likeness (QED) is 0.236. The molecule has 11 nitrogen and oxygen atoms in total. The molecule has 1 fully saturated rings. The average molecular weight is 574 g/mol. The van der Waals surface area contributed by atoms with E-state index in [4.69, 9.17) is 4.74 Å². The van der Waals surface area contributed by atoms with E-state index in [1.807, 2.05) is 41.8 Å². The number of carbonyl (C=O) groups excluding carboxylic acids is 1. The number of imidazole rings is 1. The van der Waals surface area contributed by atoms with Gasteiger partial charge in [0.05, 0.1) is 23.5 Å². The van der Waals surface area contributed by atoms with E-state index in [9.17, 15) is 10.1 Å². The molecule has 0 saturated carbocycles. The number of rotatable bonds is 7. The van der Waals surface area contributed by atoms with Crippen LogP contribution in [0.5, 0.6) is 0 Å². The highest BCUT2D eigenvalue weighted by Gasteiger charge is 2.24. The van der Waals surface area contributed by atoms with Crippen LogP contribution >= 0.6 is 0 Å². The molecule has 0 aliphatic carbocycles. The summed E-state index contributed by atoms with van der Waals surface area (Å²) < 4.78 is 7.96. The molecule has 43 heavy (non-hydrogen) atoms. The van der Waals surface area contributed by atoms with E-state index < -0.39 is 5.41 Å². The van der Waals surface area contributed by atoms with E-state index in [0.29, 0.717) is 39.6 Å². The van der Waals surface area contributed by atoms with Gasteiger partial charge >= 0.3 is 0 Å². The first-order valence-electron chi connectivity index (χ1n) is 14.2. The maximum atomic E-state index is 13.1. The molecule has 4 aromatic heterocycles. The van der Waals surface area contributed by atoms with E-state index in [2.05, 4.69) is 41.6 Å². The van der Waals surface area contributed by atoms with Gasteiger partial charge in [0.1, 0.15) is 29.6 Å². The molecule has 2 N–H and O–H groups in total. The summed E-state index contributed by atoms with van der Waals surface area (Å²) in [5.41, 5.74) is 5.28. The lowest BCUT2D eigenvalue weighted by atomic mass is 9.90. The Morgan fingerprint density at radius 3 is 2.77 bits per heavy atom. The molecule has 0 bridgehead atoms. The average Bonchev–Trinajstić information content (AvgIpc) is 3.48. The minimum Gasteiger partial charge on any atom is -0.358 e. The van der Waals surface area contributed by atoms with E-state index >= 15 is 0 Å². The maximum Gasteiger partial charge on any atom is 0.255 e. The van der Waals surface area contributed by atoms with Crippen LogP contribution in [0.1, 0.15) is 61.0 Å². The van der Waals surface area contributed by atoms with Gasteiger partial charge in [0.15, 0.2) is 5.65 Å². The van der Waals surface area contributed by atoms with Gasteiger partial charge in [0.25, 0.3) is 5.91 Å². The second kappa shape index (κ2) is 11.6. The van der Waals surface area contributed by atoms with Crippen LogP contribution in [0.4, 0.5) is 17.2 Å². The molecule has 1 aromatic carbocycles. The Labute approximate surface area is 249 Å². The van der Waals surface area contributed by atoms with Crippen LogP contribution in [0.3, 0.4) is 0 Å². The Bertz CT molecular complexity index is 1850. The van der Waals surface area contributed by atoms with Gasteiger partial charge in [-0.2, -0.15) is 5.26 Å². The fraction of sp³-hybridized carbons (Fsp3) is 0.281. The van der Waals surface area contributed by atoms with Crippen LogP contribution in [0, 0.1) is 18.3 Å². The number of carbonyl (C=O) groups is 1. The highest BCUT2D eigenvalue weighted by Crippen LogP contribution is 2.34. The van der Waals surface area contributed by atoms with E-state index in [0.717, 1.165) is 42.7 Å². The monoisotopic (exact) mass is 573 g/mol. The number of nitrogens with one attached hydrogen (secondary N) is 2. The molecule has 11 heteroatoms. The molecule has 1 atom stereocenters. The molecule has 216 valence electrons. The molecule has 1 aliphatic rings. The van der Waals surface area contributed by atoms with Gasteiger partial charge in [-0.05, 0) is 82.0 Å². The van der Waals surface area contributed by atoms with Crippen molar-refractivity contribution in [2.24, 2.45) is 0 Å². The molecule has 1 amide bonds. The van der Waals surface area contributed by atoms with Gasteiger partial charge in [-0.3, -0.25) is 14.3 Å². The normalized spacial score (nSPS) is 15.2. The number of fused-ring (bicyclic) bond motifs is 1. The van der Waals surface area contributed by atoms with E-state index in [-0.39, 0.29) is 12.1 Å². The molecular formula is C32H31N9O2. The van der Waals surface area contributed by atoms with Crippen molar-refractivity contribution < 1.29 is 9.53 Å². The summed E-state index contributed by atoms with van der Waals surface area (Å²) in [4.78, 5) is 35.8. The lowest BCUT2D eigenvalue weighted by Crippen LogP contribution is -2.18. The summed E-state index contributed by atoms with van der Waals surface area (Å²) in [5.74, 6) is 0.293. The number of hydrogen-bond donors (Lipinski definition) is 2. The Balaban J connectivity index is 1.28. The largest absolute Gasteiger partial charge is 0.358 e. The van der Waals surface area contributed by atoms with Crippen molar-refractivity contribution in [1.82, 2.24) is 29.5 Å². The lowest BCUT2D eigenvalue weighted by molar-refractivity contribution is -0.0298. The minimum atomic E-state index is -0.811. The Morgan fingerprint density at radius 2 is 1.95 bits per heavy atom. The van der Waals surface area contributed by atoms with E-state index in [1.165, 1.54) is 0 Å². The highest BCUT2D eigenvalue weighted by molar-refractivity contribution is 6.04. The van der Waals surface area contributed by atoms with Crippen molar-refractivity contribution in [3.05, 3.63) is 84.3 Å². The number of aryl methyl sites for hydroxylation is 1. The second-order valence-corrected chi connectivity index (χ2v) is 11.0. The smallest absolute Gasteiger partial charge is 0.255 e. The number of hydrogen-bond acceptors (Lipinski definition) is 9. The molecule has 5 heterocycles. The first kappa shape index (κ1) is 27.9. The van der Waals surface area contributed by atoms with Crippen molar-refractivity contribution in [2.45, 2.75) is 51.7 Å². The molecule has 0 radical (unpaired) electrons. The SMILES string of the molecule is Cc1ccc(NC(=O)c2ccnc(C(C)(C)C#N)c2)cc1Nc1ncccc1-c1ncnc2c1ncn2C1CCCCO1. The van der Waals surface area contributed by atoms with Crippen molar-refractivity contribution in [3.8, 4) is 17.3 Å². The number of anilines is 3. The first-order chi connectivity index (χ1) is 20.8. The zero-order valence-electron chi connectivity index (χ0n) is 24.2. The van der Waals surface area contributed by atoms with Gasteiger partial charge in [0.2, 0.25) is 0 Å². The fourth-order valence-electron chi connectivity index (χ4n) is 5.03. The topological polar surface area (TPSA) is 144 Å². The predicted molar refractivity (Wildman–Crippen MR) is 163 cm³/mol. The van der Waals surface area contributed by atoms with Crippen molar-refractivity contribution in [2.75, 3.05) is 17.2 Å². The summed E-state index contributed by atoms with van der Waals surface area (Å²) in [6, 6.07) is 14.9. The number of benzene rings is 1. The Kier molecular flexibility index (Phi) is 7.52. The maximum absolute atomic E-state index is 13.1. The standard InChI is InChI=1S/C32H31N9O2/c1-20-9-10-22(39-31(42)21-11-13-34-25(15-21)32(2,3)17-33)16-24(20)40-29-23(7-6-12-35-29)27-28-30(37-18-36-27)41(19-38-28)26-8-4-5-14-43-26/h6-7,9-13,15-16,18-19,26H,4-5,8,14H2,1-3H3,(H,35,40)(H,39,42). The third-order valence-corrected chi connectivity index (χ3v) is 7.58. The number of amides is 1. The third-order valence-electron chi connectivity index (χ3n) is 7.58. The van der Waals surface area contributed by atoms with Gasteiger partial charge in [0, 0.05) is 41.5 Å². The van der Waals surface area contributed by atoms with Crippen molar-refractivity contribution in [1.29, 1.82) is 5.26 Å². The number of aromatic nitrogens is 6.